The summed E-state index contributed by atoms with van der Waals surface area (Å²) in [4.78, 5) is 24.1. The Bertz CT molecular complexity index is 1840. The molecule has 1 fully saturated rings. The maximum Gasteiger partial charge on any atom is 0.416 e. The fourth-order valence-corrected chi connectivity index (χ4v) is 6.53. The predicted octanol–water partition coefficient (Wildman–Crippen LogP) is 9.32. The zero-order valence-electron chi connectivity index (χ0n) is 28.2. The van der Waals surface area contributed by atoms with Gasteiger partial charge in [-0.05, 0) is 106 Å². The zero-order chi connectivity index (χ0) is 37.2. The number of hydrogen-bond donors (Lipinski definition) is 2. The van der Waals surface area contributed by atoms with Crippen LogP contribution in [-0.4, -0.2) is 52.8 Å². The minimum Gasteiger partial charge on any atom is -0.490 e. The van der Waals surface area contributed by atoms with Crippen LogP contribution in [-0.2, 0) is 12.4 Å². The molecule has 1 amide bonds. The normalized spacial score (nSPS) is 16.1. The molecule has 8 nitrogen and oxygen atoms in total. The number of hydrogen-bond acceptors (Lipinski definition) is 6. The van der Waals surface area contributed by atoms with Gasteiger partial charge in [-0.1, -0.05) is 17.7 Å². The molecule has 15 heteroatoms. The highest BCUT2D eigenvalue weighted by molar-refractivity contribution is 5.87. The predicted molar refractivity (Wildman–Crippen MR) is 177 cm³/mol. The van der Waals surface area contributed by atoms with Crippen molar-refractivity contribution in [3.05, 3.63) is 106 Å². The molecule has 2 N–H and O–H groups in total. The molecule has 1 aliphatic heterocycles. The van der Waals surface area contributed by atoms with E-state index in [4.69, 9.17) is 4.74 Å². The monoisotopic (exact) mass is 719 g/mol. The Balaban J connectivity index is 1.54. The number of likely N-dealkylation sites (tertiary alicyclic amines) is 1. The maximum absolute atomic E-state index is 15.1. The second kappa shape index (κ2) is 14.7. The second-order valence-corrected chi connectivity index (χ2v) is 12.8. The van der Waals surface area contributed by atoms with Gasteiger partial charge < -0.3 is 20.1 Å². The third-order valence-corrected chi connectivity index (χ3v) is 8.67. The van der Waals surface area contributed by atoms with Crippen molar-refractivity contribution in [2.24, 2.45) is 5.92 Å². The van der Waals surface area contributed by atoms with Crippen molar-refractivity contribution >= 4 is 23.5 Å². The number of ether oxygens (including phenoxy) is 1. The Morgan fingerprint density at radius 3 is 2.22 bits per heavy atom. The molecule has 0 saturated carbocycles. The number of carboxylic acid groups (broad SMARTS) is 1. The number of alkyl halides is 6. The highest BCUT2D eigenvalue weighted by Crippen LogP contribution is 2.42. The molecule has 272 valence electrons. The van der Waals surface area contributed by atoms with Crippen LogP contribution in [0.4, 0.5) is 53.0 Å². The van der Waals surface area contributed by atoms with Gasteiger partial charge in [0.05, 0.1) is 23.8 Å². The number of aryl methyl sites for hydroxylation is 3. The molecular formula is C36H36F7N5O3. The summed E-state index contributed by atoms with van der Waals surface area (Å²) in [5.41, 5.74) is -1.85. The molecule has 0 spiro atoms. The number of anilines is 3. The average Bonchev–Trinajstić information content (AvgIpc) is 3.02. The lowest BCUT2D eigenvalue weighted by Gasteiger charge is -2.32. The van der Waals surface area contributed by atoms with Gasteiger partial charge in [-0.3, -0.25) is 0 Å². The van der Waals surface area contributed by atoms with Crippen molar-refractivity contribution in [2.45, 2.75) is 52.0 Å². The molecule has 0 bridgehead atoms. The summed E-state index contributed by atoms with van der Waals surface area (Å²) >= 11 is 0. The fraction of sp³-hybridized carbons (Fsp3) is 0.361. The van der Waals surface area contributed by atoms with E-state index >= 15 is 4.39 Å². The highest BCUT2D eigenvalue weighted by atomic mass is 19.4. The van der Waals surface area contributed by atoms with Gasteiger partial charge in [-0.15, -0.1) is 0 Å². The van der Waals surface area contributed by atoms with Gasteiger partial charge in [0.2, 0.25) is 5.95 Å². The fourth-order valence-electron chi connectivity index (χ4n) is 6.53. The minimum atomic E-state index is -5.18. The van der Waals surface area contributed by atoms with Crippen LogP contribution in [0.15, 0.2) is 60.8 Å². The van der Waals surface area contributed by atoms with Crippen molar-refractivity contribution in [3.8, 4) is 5.75 Å². The molecule has 4 aromatic rings. The molecule has 2 heterocycles. The van der Waals surface area contributed by atoms with Crippen molar-refractivity contribution in [2.75, 3.05) is 37.0 Å². The third-order valence-electron chi connectivity index (χ3n) is 8.67. The molecule has 2 atom stereocenters. The van der Waals surface area contributed by atoms with Crippen LogP contribution in [0.25, 0.3) is 0 Å². The number of halogens is 7. The maximum atomic E-state index is 15.1. The Labute approximate surface area is 289 Å². The first-order valence-corrected chi connectivity index (χ1v) is 16.0. The molecule has 2 unspecified atom stereocenters. The van der Waals surface area contributed by atoms with Crippen LogP contribution < -0.4 is 15.0 Å². The zero-order valence-corrected chi connectivity index (χ0v) is 28.2. The first-order valence-electron chi connectivity index (χ1n) is 16.0. The van der Waals surface area contributed by atoms with Gasteiger partial charge in [0.15, 0.2) is 11.6 Å². The van der Waals surface area contributed by atoms with Crippen LogP contribution in [0.2, 0.25) is 0 Å². The Morgan fingerprint density at radius 1 is 1.00 bits per heavy atom. The summed E-state index contributed by atoms with van der Waals surface area (Å²) in [5, 5.41) is 13.3. The summed E-state index contributed by atoms with van der Waals surface area (Å²) in [6.07, 6.45) is -8.93. The topological polar surface area (TPSA) is 90.8 Å². The van der Waals surface area contributed by atoms with Gasteiger partial charge in [-0.2, -0.15) is 31.3 Å². The summed E-state index contributed by atoms with van der Waals surface area (Å²) in [6, 6.07) is 7.79. The van der Waals surface area contributed by atoms with Gasteiger partial charge in [0.1, 0.15) is 5.82 Å². The van der Waals surface area contributed by atoms with E-state index in [0.29, 0.717) is 34.8 Å². The minimum absolute atomic E-state index is 0.0166. The van der Waals surface area contributed by atoms with Gasteiger partial charge in [0.25, 0.3) is 0 Å². The van der Waals surface area contributed by atoms with Crippen LogP contribution in [0, 0.1) is 32.5 Å². The first kappa shape index (κ1) is 37.3. The lowest BCUT2D eigenvalue weighted by molar-refractivity contribution is -0.143. The average molecular weight is 720 g/mol. The SMILES string of the molecule is Cc1cc(C)c(C(c2cc(C(F)(F)F)cc(C(F)(F)F)c2)N(C(=O)O)c2ccnc(Nc3ccc(OCC4CCCN(C)C4)c(F)c3)n2)c(C)c1. The van der Waals surface area contributed by atoms with Crippen molar-refractivity contribution in [3.63, 3.8) is 0 Å². The molecule has 51 heavy (non-hydrogen) atoms. The van der Waals surface area contributed by atoms with E-state index in [0.717, 1.165) is 49.8 Å². The van der Waals surface area contributed by atoms with Crippen LogP contribution >= 0.6 is 0 Å². The number of piperidine rings is 1. The van der Waals surface area contributed by atoms with Crippen molar-refractivity contribution < 1.29 is 45.4 Å². The van der Waals surface area contributed by atoms with Crippen LogP contribution in [0.5, 0.6) is 5.75 Å². The number of nitrogens with zero attached hydrogens (tertiary/aromatic N) is 4. The number of carbonyl (C=O) groups is 1. The van der Waals surface area contributed by atoms with Gasteiger partial charge in [0, 0.05) is 30.4 Å². The van der Waals surface area contributed by atoms with Crippen molar-refractivity contribution in [1.82, 2.24) is 14.9 Å². The molecule has 5 rings (SSSR count). The number of rotatable bonds is 9. The lowest BCUT2D eigenvalue weighted by atomic mass is 9.87. The van der Waals surface area contributed by atoms with E-state index < -0.39 is 47.0 Å². The number of amides is 1. The number of benzene rings is 3. The lowest BCUT2D eigenvalue weighted by Crippen LogP contribution is -2.36. The van der Waals surface area contributed by atoms with Crippen LogP contribution in [0.3, 0.4) is 0 Å². The highest BCUT2D eigenvalue weighted by Gasteiger charge is 2.40. The molecular weight excluding hydrogens is 683 g/mol. The van der Waals surface area contributed by atoms with E-state index in [1.807, 2.05) is 7.05 Å². The summed E-state index contributed by atoms with van der Waals surface area (Å²) in [7, 11) is 2.01. The van der Waals surface area contributed by atoms with Gasteiger partial charge >= 0.3 is 18.4 Å². The Morgan fingerprint density at radius 2 is 1.65 bits per heavy atom. The van der Waals surface area contributed by atoms with E-state index in [1.165, 1.54) is 12.1 Å². The molecule has 0 radical (unpaired) electrons. The van der Waals surface area contributed by atoms with Crippen molar-refractivity contribution in [1.29, 1.82) is 0 Å². The standard InChI is InChI=1S/C36H36F7N5O3/c1-20-12-21(2)31(22(3)13-20)32(24-14-25(35(38,39)40)16-26(15-24)36(41,42)43)48(34(49)50)30-9-10-44-33(46-30)45-27-7-8-29(28(37)17-27)51-19-23-6-5-11-47(4)18-23/h7-10,12-17,23,32H,5-6,11,18-19H2,1-4H3,(H,49,50)(H,44,45,46). The third kappa shape index (κ3) is 8.88. The molecule has 0 aliphatic carbocycles. The molecule has 1 saturated heterocycles. The quantitative estimate of drug-likeness (QED) is 0.167. The molecule has 3 aromatic carbocycles. The molecule has 1 aliphatic rings. The number of aromatic nitrogens is 2. The van der Waals surface area contributed by atoms with E-state index in [2.05, 4.69) is 20.2 Å². The Kier molecular flexibility index (Phi) is 10.8. The van der Waals surface area contributed by atoms with Gasteiger partial charge in [-0.25, -0.2) is 19.1 Å². The Hall–Kier alpha value is -4.92. The largest absolute Gasteiger partial charge is 0.490 e. The molecule has 1 aromatic heterocycles. The smallest absolute Gasteiger partial charge is 0.416 e. The van der Waals surface area contributed by atoms with E-state index in [1.54, 1.807) is 32.9 Å². The first-order chi connectivity index (χ1) is 23.9. The summed E-state index contributed by atoms with van der Waals surface area (Å²) in [5.74, 6) is -0.975. The van der Waals surface area contributed by atoms with E-state index in [9.17, 15) is 36.2 Å². The van der Waals surface area contributed by atoms with Crippen LogP contribution in [0.1, 0.15) is 57.8 Å². The number of nitrogens with one attached hydrogen (secondary N) is 1. The summed E-state index contributed by atoms with van der Waals surface area (Å²) in [6.45, 7) is 7.09. The van der Waals surface area contributed by atoms with E-state index in [-0.39, 0.29) is 40.8 Å². The second-order valence-electron chi connectivity index (χ2n) is 12.8. The summed E-state index contributed by atoms with van der Waals surface area (Å²) < 4.78 is 105.